The second-order valence-corrected chi connectivity index (χ2v) is 6.24. The Bertz CT molecular complexity index is 300. The maximum absolute atomic E-state index is 10.6. The summed E-state index contributed by atoms with van der Waals surface area (Å²) in [4.78, 5) is 21.1. The molecule has 0 aromatic carbocycles. The number of amides is 2. The van der Waals surface area contributed by atoms with Crippen LogP contribution in [-0.2, 0) is 14.3 Å². The average Bonchev–Trinajstić information content (AvgIpc) is 2.60. The lowest BCUT2D eigenvalue weighted by Crippen LogP contribution is -2.28. The molecule has 0 saturated heterocycles. The maximum atomic E-state index is 10.6. The highest BCUT2D eigenvalue weighted by Crippen LogP contribution is 2.08. The number of primary amides is 2. The molecule has 0 fully saturated rings. The van der Waals surface area contributed by atoms with Crippen LogP contribution in [0.1, 0.15) is 98.3 Å². The molecule has 158 valence electrons. The van der Waals surface area contributed by atoms with Gasteiger partial charge in [0.25, 0.3) is 0 Å². The molecule has 0 aromatic rings. The molecule has 6 N–H and O–H groups in total. The number of rotatable bonds is 15. The molecule has 6 nitrogen and oxygen atoms in total. The van der Waals surface area contributed by atoms with E-state index in [0.29, 0.717) is 32.5 Å². The van der Waals surface area contributed by atoms with E-state index in [2.05, 4.69) is 13.8 Å². The van der Waals surface area contributed by atoms with Gasteiger partial charge in [-0.3, -0.25) is 9.59 Å². The van der Waals surface area contributed by atoms with Crippen molar-refractivity contribution in [3.05, 3.63) is 0 Å². The first kappa shape index (κ1) is 29.6. The Morgan fingerprint density at radius 1 is 0.808 bits per heavy atom. The fourth-order valence-corrected chi connectivity index (χ4v) is 2.03. The third-order valence-electron chi connectivity index (χ3n) is 3.31. The highest BCUT2D eigenvalue weighted by atomic mass is 16.5. The summed E-state index contributed by atoms with van der Waals surface area (Å²) < 4.78 is 5.47. The first-order valence-corrected chi connectivity index (χ1v) is 10.3. The van der Waals surface area contributed by atoms with Gasteiger partial charge in [-0.1, -0.05) is 66.2 Å². The van der Waals surface area contributed by atoms with E-state index in [1.165, 1.54) is 19.3 Å². The molecule has 26 heavy (non-hydrogen) atoms. The predicted octanol–water partition coefficient (Wildman–Crippen LogP) is 3.64. The quantitative estimate of drug-likeness (QED) is 0.378. The summed E-state index contributed by atoms with van der Waals surface area (Å²) in [5.41, 5.74) is 15.9. The molecule has 0 heterocycles. The van der Waals surface area contributed by atoms with Crippen LogP contribution in [-0.4, -0.2) is 31.1 Å². The molecule has 2 amide bonds. The van der Waals surface area contributed by atoms with Crippen molar-refractivity contribution < 1.29 is 14.3 Å². The molecule has 0 aliphatic heterocycles. The molecular weight excluding hydrogens is 330 g/mol. The molecule has 0 radical (unpaired) electrons. The van der Waals surface area contributed by atoms with Crippen LogP contribution in [0.4, 0.5) is 0 Å². The molecule has 1 atom stereocenters. The minimum absolute atomic E-state index is 0.109. The number of hydrogen-bond donors (Lipinski definition) is 3. The minimum atomic E-state index is -0.318. The van der Waals surface area contributed by atoms with Crippen LogP contribution >= 0.6 is 0 Å². The van der Waals surface area contributed by atoms with E-state index in [9.17, 15) is 9.59 Å². The van der Waals surface area contributed by atoms with E-state index in [1.807, 2.05) is 13.8 Å². The first-order chi connectivity index (χ1) is 12.4. The minimum Gasteiger partial charge on any atom is -0.380 e. The third kappa shape index (κ3) is 34.2. The van der Waals surface area contributed by atoms with Crippen LogP contribution in [0.15, 0.2) is 0 Å². The average molecular weight is 376 g/mol. The highest BCUT2D eigenvalue weighted by molar-refractivity contribution is 5.73. The van der Waals surface area contributed by atoms with Gasteiger partial charge in [-0.2, -0.15) is 0 Å². The van der Waals surface area contributed by atoms with Crippen LogP contribution in [0.2, 0.25) is 0 Å². The zero-order valence-corrected chi connectivity index (χ0v) is 17.7. The van der Waals surface area contributed by atoms with Crippen molar-refractivity contribution in [2.24, 2.45) is 17.2 Å². The summed E-state index contributed by atoms with van der Waals surface area (Å²) in [6, 6.07) is -0.109. The van der Waals surface area contributed by atoms with Crippen molar-refractivity contribution in [2.45, 2.75) is 104 Å². The van der Waals surface area contributed by atoms with Crippen molar-refractivity contribution in [1.29, 1.82) is 0 Å². The zero-order chi connectivity index (χ0) is 20.6. The Labute approximate surface area is 161 Å². The zero-order valence-electron chi connectivity index (χ0n) is 17.7. The molecular formula is C20H45N3O3. The second kappa shape index (κ2) is 26.1. The molecule has 0 bridgehead atoms. The Morgan fingerprint density at radius 2 is 1.23 bits per heavy atom. The van der Waals surface area contributed by atoms with Crippen LogP contribution in [0.3, 0.4) is 0 Å². The molecule has 0 aliphatic rings. The summed E-state index contributed by atoms with van der Waals surface area (Å²) in [5, 5.41) is 0. The van der Waals surface area contributed by atoms with E-state index in [0.717, 1.165) is 32.1 Å². The Hall–Kier alpha value is -1.14. The lowest BCUT2D eigenvalue weighted by atomic mass is 10.1. The van der Waals surface area contributed by atoms with Gasteiger partial charge in [0.2, 0.25) is 11.8 Å². The maximum Gasteiger partial charge on any atom is 0.217 e. The van der Waals surface area contributed by atoms with Gasteiger partial charge in [0.15, 0.2) is 0 Å². The number of ether oxygens (including phenoxy) is 1. The summed E-state index contributed by atoms with van der Waals surface area (Å²) in [6.45, 7) is 9.45. The van der Waals surface area contributed by atoms with Crippen LogP contribution in [0.5, 0.6) is 0 Å². The molecule has 1 unspecified atom stereocenters. The smallest absolute Gasteiger partial charge is 0.217 e. The molecule has 0 aromatic heterocycles. The van der Waals surface area contributed by atoms with Crippen molar-refractivity contribution in [1.82, 2.24) is 0 Å². The van der Waals surface area contributed by atoms with Gasteiger partial charge in [0, 0.05) is 25.5 Å². The molecule has 0 aliphatic carbocycles. The highest BCUT2D eigenvalue weighted by Gasteiger charge is 2.04. The summed E-state index contributed by atoms with van der Waals surface area (Å²) in [6.07, 6.45) is 10.4. The lowest BCUT2D eigenvalue weighted by Gasteiger charge is -2.11. The number of carbonyl (C=O) groups is 2. The van der Waals surface area contributed by atoms with Crippen molar-refractivity contribution in [3.8, 4) is 0 Å². The van der Waals surface area contributed by atoms with Crippen molar-refractivity contribution in [3.63, 3.8) is 0 Å². The van der Waals surface area contributed by atoms with E-state index in [-0.39, 0.29) is 17.9 Å². The van der Waals surface area contributed by atoms with Gasteiger partial charge in [-0.15, -0.1) is 0 Å². The molecule has 6 heteroatoms. The number of unbranched alkanes of at least 4 members (excludes halogenated alkanes) is 6. The second-order valence-electron chi connectivity index (χ2n) is 6.24. The number of nitrogens with two attached hydrogens (primary N) is 3. The van der Waals surface area contributed by atoms with Gasteiger partial charge in [-0.25, -0.2) is 0 Å². The van der Waals surface area contributed by atoms with Gasteiger partial charge < -0.3 is 21.9 Å². The molecule has 0 saturated carbocycles. The molecule has 0 rings (SSSR count). The van der Waals surface area contributed by atoms with Crippen LogP contribution in [0.25, 0.3) is 0 Å². The Kier molecular flexibility index (Phi) is 29.7. The van der Waals surface area contributed by atoms with E-state index in [1.54, 1.807) is 0 Å². The number of carbonyl (C=O) groups excluding carboxylic acids is 2. The Balaban J connectivity index is -0.000000950. The van der Waals surface area contributed by atoms with Crippen LogP contribution in [0, 0.1) is 0 Å². The van der Waals surface area contributed by atoms with Crippen molar-refractivity contribution >= 4 is 11.8 Å². The third-order valence-corrected chi connectivity index (χ3v) is 3.31. The fraction of sp³-hybridized carbons (Fsp3) is 0.900. The molecule has 0 spiro atoms. The van der Waals surface area contributed by atoms with Crippen LogP contribution < -0.4 is 17.2 Å². The standard InChI is InChI=1S/C15H31N3O3.C3H8.C2H6/c16-13(9-10-15(18)20)12-21-11-7-5-3-1-2-4-6-8-14(17)19;1-3-2;1-2/h13H,1-12,16H2,(H2,17,19)(H2,18,20);3H2,1-2H3;1-2H3. The Morgan fingerprint density at radius 3 is 1.69 bits per heavy atom. The van der Waals surface area contributed by atoms with Gasteiger partial charge in [0.1, 0.15) is 0 Å². The largest absolute Gasteiger partial charge is 0.380 e. The fourth-order valence-electron chi connectivity index (χ4n) is 2.03. The number of hydrogen-bond acceptors (Lipinski definition) is 4. The van der Waals surface area contributed by atoms with E-state index < -0.39 is 0 Å². The summed E-state index contributed by atoms with van der Waals surface area (Å²) in [5.74, 6) is -0.525. The van der Waals surface area contributed by atoms with E-state index >= 15 is 0 Å². The van der Waals surface area contributed by atoms with Gasteiger partial charge in [-0.05, 0) is 19.3 Å². The monoisotopic (exact) mass is 375 g/mol. The van der Waals surface area contributed by atoms with Gasteiger partial charge in [0.05, 0.1) is 6.61 Å². The topological polar surface area (TPSA) is 121 Å². The van der Waals surface area contributed by atoms with Gasteiger partial charge >= 0.3 is 0 Å². The van der Waals surface area contributed by atoms with Crippen molar-refractivity contribution in [2.75, 3.05) is 13.2 Å². The summed E-state index contributed by atoms with van der Waals surface area (Å²) >= 11 is 0. The lowest BCUT2D eigenvalue weighted by molar-refractivity contribution is -0.119. The first-order valence-electron chi connectivity index (χ1n) is 10.3. The predicted molar refractivity (Wildman–Crippen MR) is 111 cm³/mol. The van der Waals surface area contributed by atoms with E-state index in [4.69, 9.17) is 21.9 Å². The SMILES string of the molecule is CC.CCC.NC(=O)CCCCCCCCCOCC(N)CCC(N)=O. The summed E-state index contributed by atoms with van der Waals surface area (Å²) in [7, 11) is 0. The normalized spacial score (nSPS) is 10.8.